The van der Waals surface area contributed by atoms with Gasteiger partial charge in [-0.1, -0.05) is 11.6 Å². The summed E-state index contributed by atoms with van der Waals surface area (Å²) in [6.45, 7) is 4.02. The Bertz CT molecular complexity index is 590. The third-order valence-electron chi connectivity index (χ3n) is 2.89. The minimum atomic E-state index is -0.760. The summed E-state index contributed by atoms with van der Waals surface area (Å²) in [4.78, 5) is 0. The summed E-state index contributed by atoms with van der Waals surface area (Å²) in [7, 11) is 0. The van der Waals surface area contributed by atoms with Gasteiger partial charge in [0.2, 0.25) is 5.88 Å². The molecule has 21 heavy (non-hydrogen) atoms. The van der Waals surface area contributed by atoms with Gasteiger partial charge in [-0.15, -0.1) is 5.10 Å². The van der Waals surface area contributed by atoms with Crippen LogP contribution in [0, 0.1) is 13.8 Å². The third-order valence-corrected chi connectivity index (χ3v) is 3.14. The van der Waals surface area contributed by atoms with E-state index in [1.807, 2.05) is 13.8 Å². The zero-order valence-electron chi connectivity index (χ0n) is 11.9. The van der Waals surface area contributed by atoms with Gasteiger partial charge in [-0.25, -0.2) is 0 Å². The van der Waals surface area contributed by atoms with Crippen LogP contribution in [0.15, 0.2) is 30.3 Å². The van der Waals surface area contributed by atoms with E-state index in [-0.39, 0.29) is 13.2 Å². The van der Waals surface area contributed by atoms with E-state index < -0.39 is 6.10 Å². The lowest BCUT2D eigenvalue weighted by Gasteiger charge is -2.13. The maximum atomic E-state index is 9.83. The van der Waals surface area contributed by atoms with Gasteiger partial charge in [0.1, 0.15) is 25.1 Å². The van der Waals surface area contributed by atoms with Gasteiger partial charge in [0.15, 0.2) is 0 Å². The number of halogens is 1. The number of aliphatic hydroxyl groups is 1. The first-order valence-electron chi connectivity index (χ1n) is 6.55. The number of ether oxygens (including phenoxy) is 2. The van der Waals surface area contributed by atoms with E-state index in [0.717, 1.165) is 11.3 Å². The molecule has 0 fully saturated rings. The van der Waals surface area contributed by atoms with Crippen molar-refractivity contribution in [1.29, 1.82) is 0 Å². The molecule has 6 heteroatoms. The van der Waals surface area contributed by atoms with Crippen LogP contribution in [0.1, 0.15) is 11.3 Å². The van der Waals surface area contributed by atoms with Crippen LogP contribution >= 0.6 is 11.6 Å². The van der Waals surface area contributed by atoms with Crippen LogP contribution < -0.4 is 9.47 Å². The molecule has 2 rings (SSSR count). The highest BCUT2D eigenvalue weighted by atomic mass is 35.5. The van der Waals surface area contributed by atoms with Crippen molar-refractivity contribution in [3.8, 4) is 11.6 Å². The molecule has 5 nitrogen and oxygen atoms in total. The van der Waals surface area contributed by atoms with Crippen molar-refractivity contribution in [2.75, 3.05) is 13.2 Å². The summed E-state index contributed by atoms with van der Waals surface area (Å²) >= 11 is 5.78. The first kappa shape index (κ1) is 15.5. The third kappa shape index (κ3) is 4.88. The van der Waals surface area contributed by atoms with Crippen LogP contribution in [0.4, 0.5) is 0 Å². The normalized spacial score (nSPS) is 12.0. The Morgan fingerprint density at radius 1 is 1.10 bits per heavy atom. The molecule has 0 aliphatic rings. The van der Waals surface area contributed by atoms with Gasteiger partial charge in [0.05, 0.1) is 5.69 Å². The Morgan fingerprint density at radius 2 is 1.76 bits per heavy atom. The first-order valence-corrected chi connectivity index (χ1v) is 6.92. The van der Waals surface area contributed by atoms with Gasteiger partial charge in [0, 0.05) is 11.1 Å². The van der Waals surface area contributed by atoms with Gasteiger partial charge in [-0.2, -0.15) is 5.10 Å². The first-order chi connectivity index (χ1) is 10.0. The standard InChI is InChI=1S/C15H17ClN2O3/c1-10-7-15(18-17-11(10)2)21-9-13(19)8-20-14-5-3-12(16)4-6-14/h3-7,13,19H,8-9H2,1-2H3. The van der Waals surface area contributed by atoms with Crippen molar-refractivity contribution < 1.29 is 14.6 Å². The number of nitrogens with zero attached hydrogens (tertiary/aromatic N) is 2. The molecule has 1 heterocycles. The molecule has 0 aliphatic heterocycles. The van der Waals surface area contributed by atoms with Crippen molar-refractivity contribution >= 4 is 11.6 Å². The minimum Gasteiger partial charge on any atom is -0.491 e. The molecule has 0 radical (unpaired) electrons. The van der Waals surface area contributed by atoms with Crippen LogP contribution in [-0.4, -0.2) is 34.6 Å². The van der Waals surface area contributed by atoms with Crippen LogP contribution in [0.2, 0.25) is 5.02 Å². The molecule has 1 unspecified atom stereocenters. The predicted molar refractivity (Wildman–Crippen MR) is 80.0 cm³/mol. The molecule has 0 saturated heterocycles. The fourth-order valence-corrected chi connectivity index (χ4v) is 1.67. The maximum absolute atomic E-state index is 9.83. The molecule has 1 atom stereocenters. The fraction of sp³-hybridized carbons (Fsp3) is 0.333. The largest absolute Gasteiger partial charge is 0.491 e. The molecule has 112 valence electrons. The summed E-state index contributed by atoms with van der Waals surface area (Å²) in [6, 6.07) is 8.72. The second kappa shape index (κ2) is 7.24. The quantitative estimate of drug-likeness (QED) is 0.888. The summed E-state index contributed by atoms with van der Waals surface area (Å²) in [5.74, 6) is 1.04. The summed E-state index contributed by atoms with van der Waals surface area (Å²) in [5.41, 5.74) is 1.85. The number of hydrogen-bond acceptors (Lipinski definition) is 5. The molecule has 2 aromatic rings. The monoisotopic (exact) mass is 308 g/mol. The topological polar surface area (TPSA) is 64.5 Å². The summed E-state index contributed by atoms with van der Waals surface area (Å²) in [5, 5.41) is 18.3. The lowest BCUT2D eigenvalue weighted by Crippen LogP contribution is -2.25. The van der Waals surface area contributed by atoms with E-state index in [9.17, 15) is 5.11 Å². The van der Waals surface area contributed by atoms with E-state index in [2.05, 4.69) is 10.2 Å². The Kier molecular flexibility index (Phi) is 5.36. The van der Waals surface area contributed by atoms with Gasteiger partial charge < -0.3 is 14.6 Å². The number of aliphatic hydroxyl groups excluding tert-OH is 1. The molecule has 1 aromatic heterocycles. The Morgan fingerprint density at radius 3 is 2.43 bits per heavy atom. The van der Waals surface area contributed by atoms with Crippen LogP contribution in [0.3, 0.4) is 0 Å². The van der Waals surface area contributed by atoms with E-state index in [4.69, 9.17) is 21.1 Å². The Hall–Kier alpha value is -1.85. The van der Waals surface area contributed by atoms with Crippen LogP contribution in [0.25, 0.3) is 0 Å². The van der Waals surface area contributed by atoms with Crippen molar-refractivity contribution in [1.82, 2.24) is 10.2 Å². The van der Waals surface area contributed by atoms with Crippen molar-refractivity contribution in [3.63, 3.8) is 0 Å². The molecule has 0 bridgehead atoms. The summed E-state index contributed by atoms with van der Waals surface area (Å²) < 4.78 is 10.8. The lowest BCUT2D eigenvalue weighted by atomic mass is 10.2. The summed E-state index contributed by atoms with van der Waals surface area (Å²) in [6.07, 6.45) is -0.760. The zero-order valence-corrected chi connectivity index (χ0v) is 12.7. The molecule has 0 saturated carbocycles. The SMILES string of the molecule is Cc1cc(OCC(O)COc2ccc(Cl)cc2)nnc1C. The van der Waals surface area contributed by atoms with Crippen molar-refractivity contribution in [3.05, 3.63) is 46.6 Å². The molecule has 1 aromatic carbocycles. The molecule has 0 spiro atoms. The van der Waals surface area contributed by atoms with Crippen LogP contribution in [0.5, 0.6) is 11.6 Å². The highest BCUT2D eigenvalue weighted by Crippen LogP contribution is 2.16. The molecule has 0 aliphatic carbocycles. The number of hydrogen-bond donors (Lipinski definition) is 1. The molecule has 1 N–H and O–H groups in total. The molecule has 0 amide bonds. The minimum absolute atomic E-state index is 0.0881. The predicted octanol–water partition coefficient (Wildman–Crippen LogP) is 2.57. The van der Waals surface area contributed by atoms with Gasteiger partial charge in [-0.3, -0.25) is 0 Å². The van der Waals surface area contributed by atoms with Crippen molar-refractivity contribution in [2.45, 2.75) is 20.0 Å². The van der Waals surface area contributed by atoms with Gasteiger partial charge in [0.25, 0.3) is 0 Å². The Labute approximate surface area is 128 Å². The maximum Gasteiger partial charge on any atom is 0.233 e. The smallest absolute Gasteiger partial charge is 0.233 e. The van der Waals surface area contributed by atoms with E-state index >= 15 is 0 Å². The van der Waals surface area contributed by atoms with E-state index in [1.54, 1.807) is 30.3 Å². The van der Waals surface area contributed by atoms with Crippen LogP contribution in [-0.2, 0) is 0 Å². The second-order valence-corrected chi connectivity index (χ2v) is 5.12. The molecular formula is C15H17ClN2O3. The number of aromatic nitrogens is 2. The number of benzene rings is 1. The second-order valence-electron chi connectivity index (χ2n) is 4.68. The Balaban J connectivity index is 1.77. The highest BCUT2D eigenvalue weighted by Gasteiger charge is 2.08. The van der Waals surface area contributed by atoms with Gasteiger partial charge in [-0.05, 0) is 43.7 Å². The lowest BCUT2D eigenvalue weighted by molar-refractivity contribution is 0.0606. The van der Waals surface area contributed by atoms with Crippen molar-refractivity contribution in [2.24, 2.45) is 0 Å². The number of aryl methyl sites for hydroxylation is 2. The average Bonchev–Trinajstić information content (AvgIpc) is 2.48. The zero-order chi connectivity index (χ0) is 15.2. The average molecular weight is 309 g/mol. The van der Waals surface area contributed by atoms with Gasteiger partial charge >= 0.3 is 0 Å². The number of rotatable bonds is 6. The molecular weight excluding hydrogens is 292 g/mol. The van der Waals surface area contributed by atoms with E-state index in [1.165, 1.54) is 0 Å². The van der Waals surface area contributed by atoms with E-state index in [0.29, 0.717) is 16.7 Å². The highest BCUT2D eigenvalue weighted by molar-refractivity contribution is 6.30. The fourth-order valence-electron chi connectivity index (χ4n) is 1.55.